The number of carbonyl (C=O) groups excluding carboxylic acids is 1. The first-order valence-electron chi connectivity index (χ1n) is 18.2. The summed E-state index contributed by atoms with van der Waals surface area (Å²) in [6.07, 6.45) is 4.87. The molecule has 0 aliphatic rings. The minimum atomic E-state index is -1.28. The highest BCUT2D eigenvalue weighted by Crippen LogP contribution is 2.30. The molecule has 4 aromatic rings. The number of unbranched alkanes of at least 4 members (excludes halogenated alkanes) is 2. The fourth-order valence-corrected chi connectivity index (χ4v) is 5.88. The molecule has 0 saturated heterocycles. The predicted molar refractivity (Wildman–Crippen MR) is 208 cm³/mol. The van der Waals surface area contributed by atoms with Gasteiger partial charge in [-0.1, -0.05) is 51.5 Å². The van der Waals surface area contributed by atoms with Gasteiger partial charge in [-0.3, -0.25) is 4.79 Å². The monoisotopic (exact) mass is 712 g/mol. The number of nitrogens with zero attached hydrogens (tertiary/aromatic N) is 5. The summed E-state index contributed by atoms with van der Waals surface area (Å²) in [5.74, 6) is 1.66. The fraction of sp³-hybridized carbons (Fsp3) is 0.525. The summed E-state index contributed by atoms with van der Waals surface area (Å²) >= 11 is 0. The molecule has 0 fully saturated rings. The fourth-order valence-electron chi connectivity index (χ4n) is 5.88. The van der Waals surface area contributed by atoms with E-state index < -0.39 is 16.6 Å². The Balaban J connectivity index is 1.41. The van der Waals surface area contributed by atoms with Crippen LogP contribution in [0, 0.1) is 16.7 Å². The highest BCUT2D eigenvalue weighted by atomic mass is 16.6. The van der Waals surface area contributed by atoms with Crippen molar-refractivity contribution in [1.82, 2.24) is 19.9 Å². The molecule has 2 heterocycles. The molecule has 52 heavy (non-hydrogen) atoms. The number of nitrogen functional groups attached to an aromatic ring is 1. The van der Waals surface area contributed by atoms with Crippen molar-refractivity contribution in [2.24, 2.45) is 10.4 Å². The van der Waals surface area contributed by atoms with Gasteiger partial charge in [-0.2, -0.15) is 5.26 Å². The van der Waals surface area contributed by atoms with Crippen molar-refractivity contribution in [3.05, 3.63) is 59.9 Å². The number of guanidine groups is 1. The Morgan fingerprint density at radius 2 is 1.81 bits per heavy atom. The Kier molecular flexibility index (Phi) is 13.6. The van der Waals surface area contributed by atoms with E-state index in [0.717, 1.165) is 66.4 Å². The van der Waals surface area contributed by atoms with Crippen molar-refractivity contribution < 1.29 is 19.4 Å². The van der Waals surface area contributed by atoms with Gasteiger partial charge < -0.3 is 35.5 Å². The quantitative estimate of drug-likeness (QED) is 0.0397. The number of carbonyl (C=O) groups is 1. The third-order valence-corrected chi connectivity index (χ3v) is 8.33. The predicted octanol–water partition coefficient (Wildman–Crippen LogP) is 6.74. The summed E-state index contributed by atoms with van der Waals surface area (Å²) in [6.45, 7) is 15.0. The number of aliphatic hydroxyl groups is 1. The maximum Gasteiger partial charge on any atom is 0.306 e. The number of aliphatic imine (C=N–C) groups is 1. The molecule has 1 atom stereocenters. The lowest BCUT2D eigenvalue weighted by Gasteiger charge is -2.28. The number of aryl methyl sites for hydroxylation is 2. The number of rotatable bonds is 17. The molecule has 0 radical (unpaired) electrons. The number of para-hydroxylation sites is 1. The van der Waals surface area contributed by atoms with Crippen LogP contribution < -0.4 is 16.4 Å². The lowest BCUT2D eigenvalue weighted by molar-refractivity contribution is -0.158. The zero-order valence-corrected chi connectivity index (χ0v) is 31.9. The SMILES string of the molecule is CCCCc1nc2c(N)nc3ccccc3c2n1CCCCNC(=NCC(C)(O)COCC(C)(C)CC(=O)OC(C)(C)C)Nc1cccc(C#N)c1. The van der Waals surface area contributed by atoms with Gasteiger partial charge in [0, 0.05) is 30.6 Å². The van der Waals surface area contributed by atoms with Gasteiger partial charge in [-0.25, -0.2) is 15.0 Å². The zero-order valence-electron chi connectivity index (χ0n) is 31.9. The first-order chi connectivity index (χ1) is 24.6. The first kappa shape index (κ1) is 40.0. The largest absolute Gasteiger partial charge is 0.460 e. The van der Waals surface area contributed by atoms with Gasteiger partial charge in [0.05, 0.1) is 48.8 Å². The topological polar surface area (TPSA) is 173 Å². The summed E-state index contributed by atoms with van der Waals surface area (Å²) < 4.78 is 13.7. The molecule has 0 spiro atoms. The molecule has 0 bridgehead atoms. The van der Waals surface area contributed by atoms with Crippen LogP contribution in [0.1, 0.15) is 92.0 Å². The third kappa shape index (κ3) is 11.9. The van der Waals surface area contributed by atoms with Gasteiger partial charge in [0.15, 0.2) is 11.8 Å². The summed E-state index contributed by atoms with van der Waals surface area (Å²) in [5, 5.41) is 28.3. The van der Waals surface area contributed by atoms with E-state index in [0.29, 0.717) is 29.6 Å². The minimum absolute atomic E-state index is 0.0272. The van der Waals surface area contributed by atoms with Crippen LogP contribution in [0.25, 0.3) is 21.9 Å². The number of anilines is 2. The van der Waals surface area contributed by atoms with Crippen molar-refractivity contribution in [2.75, 3.05) is 37.4 Å². The number of nitrogens with one attached hydrogen (secondary N) is 2. The van der Waals surface area contributed by atoms with Gasteiger partial charge in [0.1, 0.15) is 22.5 Å². The van der Waals surface area contributed by atoms with Crippen LogP contribution >= 0.6 is 0 Å². The molecule has 280 valence electrons. The minimum Gasteiger partial charge on any atom is -0.460 e. The average Bonchev–Trinajstić information content (AvgIpc) is 3.43. The summed E-state index contributed by atoms with van der Waals surface area (Å²) in [4.78, 5) is 26.6. The molecule has 4 rings (SSSR count). The van der Waals surface area contributed by atoms with Crippen molar-refractivity contribution in [1.29, 1.82) is 5.26 Å². The maximum absolute atomic E-state index is 12.4. The maximum atomic E-state index is 12.4. The van der Waals surface area contributed by atoms with E-state index in [9.17, 15) is 15.2 Å². The van der Waals surface area contributed by atoms with Crippen LogP contribution in [0.15, 0.2) is 53.5 Å². The molecule has 12 heteroatoms. The number of nitriles is 1. The van der Waals surface area contributed by atoms with E-state index in [2.05, 4.69) is 39.2 Å². The molecule has 2 aromatic heterocycles. The standard InChI is InChI=1S/C40H56N8O4/c1-8-9-19-32-47-34-35(30-17-10-11-18-31(30)46-36(34)42)48(32)21-13-12-20-43-37(45-29-16-14-15-28(22-29)24-41)44-25-40(7,50)27-51-26-39(5,6)23-33(49)52-38(2,3)4/h10-11,14-18,22,50H,8-9,12-13,19-21,23,25-27H2,1-7H3,(H2,42,46)(H2,43,44,45). The highest BCUT2D eigenvalue weighted by Gasteiger charge is 2.28. The van der Waals surface area contributed by atoms with Crippen LogP contribution in [0.4, 0.5) is 11.5 Å². The number of imidazole rings is 1. The smallest absolute Gasteiger partial charge is 0.306 e. The van der Waals surface area contributed by atoms with Gasteiger partial charge >= 0.3 is 5.97 Å². The number of hydrogen-bond donors (Lipinski definition) is 4. The number of benzene rings is 2. The molecule has 5 N–H and O–H groups in total. The second kappa shape index (κ2) is 17.7. The second-order valence-corrected chi connectivity index (χ2v) is 15.5. The van der Waals surface area contributed by atoms with E-state index >= 15 is 0 Å². The Morgan fingerprint density at radius 3 is 2.54 bits per heavy atom. The number of fused-ring (bicyclic) bond motifs is 3. The number of ether oxygens (including phenoxy) is 2. The number of pyridine rings is 1. The van der Waals surface area contributed by atoms with E-state index in [4.69, 9.17) is 25.2 Å². The van der Waals surface area contributed by atoms with Crippen molar-refractivity contribution in [3.8, 4) is 6.07 Å². The third-order valence-electron chi connectivity index (χ3n) is 8.33. The van der Waals surface area contributed by atoms with E-state index in [-0.39, 0.29) is 32.1 Å². The molecule has 0 saturated carbocycles. The number of nitrogens with two attached hydrogens (primary N) is 1. The van der Waals surface area contributed by atoms with Gasteiger partial charge in [-0.05, 0) is 76.6 Å². The van der Waals surface area contributed by atoms with Crippen LogP contribution in [0.2, 0.25) is 0 Å². The van der Waals surface area contributed by atoms with Crippen molar-refractivity contribution in [3.63, 3.8) is 0 Å². The molecule has 0 amide bonds. The van der Waals surface area contributed by atoms with Gasteiger partial charge in [0.25, 0.3) is 0 Å². The molecular formula is C40H56N8O4. The molecule has 1 unspecified atom stereocenters. The molecule has 2 aromatic carbocycles. The lowest BCUT2D eigenvalue weighted by Crippen LogP contribution is -2.39. The Morgan fingerprint density at radius 1 is 1.04 bits per heavy atom. The van der Waals surface area contributed by atoms with E-state index in [1.165, 1.54) is 0 Å². The van der Waals surface area contributed by atoms with E-state index in [1.54, 1.807) is 25.1 Å². The average molecular weight is 713 g/mol. The Bertz CT molecular complexity index is 1880. The number of esters is 1. The van der Waals surface area contributed by atoms with E-state index in [1.807, 2.05) is 58.9 Å². The molecule has 0 aliphatic heterocycles. The molecule has 12 nitrogen and oxygen atoms in total. The first-order valence-corrected chi connectivity index (χ1v) is 18.2. The second-order valence-electron chi connectivity index (χ2n) is 15.5. The van der Waals surface area contributed by atoms with Crippen molar-refractivity contribution in [2.45, 2.75) is 105 Å². The molecule has 0 aliphatic carbocycles. The Labute approximate surface area is 307 Å². The lowest BCUT2D eigenvalue weighted by atomic mass is 9.90. The summed E-state index contributed by atoms with van der Waals surface area (Å²) in [6, 6.07) is 17.4. The number of hydrogen-bond acceptors (Lipinski definition) is 9. The summed E-state index contributed by atoms with van der Waals surface area (Å²) in [5.41, 5.74) is 7.95. The van der Waals surface area contributed by atoms with Crippen LogP contribution in [0.3, 0.4) is 0 Å². The number of aromatic nitrogens is 3. The Hall–Kier alpha value is -4.73. The van der Waals surface area contributed by atoms with Gasteiger partial charge in [0.2, 0.25) is 0 Å². The zero-order chi connectivity index (χ0) is 37.9. The van der Waals surface area contributed by atoms with Crippen LogP contribution in [-0.4, -0.2) is 69.1 Å². The van der Waals surface area contributed by atoms with Gasteiger partial charge in [-0.15, -0.1) is 0 Å². The molecular weight excluding hydrogens is 656 g/mol. The van der Waals surface area contributed by atoms with Crippen molar-refractivity contribution >= 4 is 45.4 Å². The van der Waals surface area contributed by atoms with Crippen LogP contribution in [0.5, 0.6) is 0 Å². The highest BCUT2D eigenvalue weighted by molar-refractivity contribution is 6.06. The normalized spacial score (nSPS) is 13.6. The summed E-state index contributed by atoms with van der Waals surface area (Å²) in [7, 11) is 0. The van der Waals surface area contributed by atoms with Crippen LogP contribution in [-0.2, 0) is 27.2 Å².